The van der Waals surface area contributed by atoms with Gasteiger partial charge < -0.3 is 15.1 Å². The topological polar surface area (TPSA) is 47.6 Å². The van der Waals surface area contributed by atoms with Crippen LogP contribution in [-0.4, -0.2) is 58.2 Å². The summed E-state index contributed by atoms with van der Waals surface area (Å²) in [6.45, 7) is 15.7. The summed E-state index contributed by atoms with van der Waals surface area (Å²) in [7, 11) is 0. The second kappa shape index (κ2) is 8.87. The fraction of sp³-hybridized carbons (Fsp3) is 0.900. The predicted molar refractivity (Wildman–Crippen MR) is 112 cm³/mol. The summed E-state index contributed by atoms with van der Waals surface area (Å²) in [5.41, 5.74) is -0.190. The third-order valence-electron chi connectivity index (χ3n) is 5.71. The molecule has 0 aromatic rings. The van der Waals surface area contributed by atoms with Gasteiger partial charge in [0.05, 0.1) is 11.7 Å². The monoisotopic (exact) mass is 382 g/mol. The maximum Gasteiger partial charge on any atom is 0.241 e. The Balaban J connectivity index is 2.11. The van der Waals surface area contributed by atoms with Crippen molar-refractivity contribution in [3.8, 4) is 0 Å². The minimum absolute atomic E-state index is 0.0358. The van der Waals surface area contributed by atoms with Gasteiger partial charge in [0.1, 0.15) is 0 Å². The van der Waals surface area contributed by atoms with Crippen molar-refractivity contribution in [1.29, 1.82) is 0 Å². The van der Waals surface area contributed by atoms with E-state index < -0.39 is 0 Å². The molecule has 2 saturated heterocycles. The molecule has 1 spiro atoms. The molecule has 2 N–H and O–H groups in total. The zero-order chi connectivity index (χ0) is 19.5. The fourth-order valence-electron chi connectivity index (χ4n) is 4.03. The molecule has 2 heterocycles. The van der Waals surface area contributed by atoms with E-state index in [1.165, 1.54) is 0 Å². The smallest absolute Gasteiger partial charge is 0.241 e. The maximum absolute atomic E-state index is 13.1. The number of rotatable bonds is 6. The molecule has 1 amide bonds. The van der Waals surface area contributed by atoms with Crippen molar-refractivity contribution >= 4 is 23.2 Å². The summed E-state index contributed by atoms with van der Waals surface area (Å²) in [6.07, 6.45) is 3.88. The molecule has 0 saturated carbocycles. The Morgan fingerprint density at radius 2 is 1.88 bits per heavy atom. The summed E-state index contributed by atoms with van der Waals surface area (Å²) in [4.78, 5) is 17.6. The number of amides is 1. The fourth-order valence-corrected chi connectivity index (χ4v) is 4.45. The first kappa shape index (κ1) is 21.4. The first-order chi connectivity index (χ1) is 12.2. The lowest BCUT2D eigenvalue weighted by Gasteiger charge is -2.46. The molecule has 0 radical (unpaired) electrons. The standard InChI is InChI=1S/C20H38N4OS/c1-7-16(6)13-24-18(25)17(12-14(2)3)22-20(24)8-10-23(11-9-20)19(26)21-15(4)5/h14-17,22H,7-13H2,1-6H3,(H,21,26). The summed E-state index contributed by atoms with van der Waals surface area (Å²) < 4.78 is 0. The number of nitrogens with one attached hydrogen (secondary N) is 2. The lowest BCUT2D eigenvalue weighted by molar-refractivity contribution is -0.134. The van der Waals surface area contributed by atoms with Crippen LogP contribution in [-0.2, 0) is 4.79 Å². The Hall–Kier alpha value is -0.880. The first-order valence-corrected chi connectivity index (χ1v) is 10.7. The number of hydrogen-bond acceptors (Lipinski definition) is 3. The van der Waals surface area contributed by atoms with E-state index in [9.17, 15) is 4.79 Å². The normalized spacial score (nSPS) is 24.0. The van der Waals surface area contributed by atoms with Gasteiger partial charge in [0.2, 0.25) is 5.91 Å². The molecule has 26 heavy (non-hydrogen) atoms. The highest BCUT2D eigenvalue weighted by atomic mass is 32.1. The highest BCUT2D eigenvalue weighted by Gasteiger charge is 2.51. The van der Waals surface area contributed by atoms with E-state index in [0.717, 1.165) is 50.4 Å². The van der Waals surface area contributed by atoms with Gasteiger partial charge in [-0.1, -0.05) is 34.1 Å². The average Bonchev–Trinajstić information content (AvgIpc) is 2.79. The van der Waals surface area contributed by atoms with E-state index in [1.807, 2.05) is 0 Å². The number of carbonyl (C=O) groups is 1. The Morgan fingerprint density at radius 3 is 2.38 bits per heavy atom. The quantitative estimate of drug-likeness (QED) is 0.692. The highest BCUT2D eigenvalue weighted by Crippen LogP contribution is 2.35. The van der Waals surface area contributed by atoms with Crippen LogP contribution in [0.15, 0.2) is 0 Å². The molecule has 0 aromatic heterocycles. The molecular formula is C20H38N4OS. The third-order valence-corrected chi connectivity index (χ3v) is 6.09. The van der Waals surface area contributed by atoms with Crippen molar-refractivity contribution < 1.29 is 4.79 Å². The average molecular weight is 383 g/mol. The molecule has 2 atom stereocenters. The van der Waals surface area contributed by atoms with Crippen LogP contribution in [0.4, 0.5) is 0 Å². The van der Waals surface area contributed by atoms with Crippen molar-refractivity contribution in [3.05, 3.63) is 0 Å². The van der Waals surface area contributed by atoms with Crippen LogP contribution in [0.3, 0.4) is 0 Å². The van der Waals surface area contributed by atoms with Crippen LogP contribution >= 0.6 is 12.2 Å². The van der Waals surface area contributed by atoms with Crippen LogP contribution in [0.2, 0.25) is 0 Å². The van der Waals surface area contributed by atoms with Gasteiger partial charge in [-0.25, -0.2) is 0 Å². The van der Waals surface area contributed by atoms with Gasteiger partial charge in [-0.15, -0.1) is 0 Å². The summed E-state index contributed by atoms with van der Waals surface area (Å²) in [6, 6.07) is 0.313. The largest absolute Gasteiger partial charge is 0.360 e. The highest BCUT2D eigenvalue weighted by molar-refractivity contribution is 7.80. The number of carbonyl (C=O) groups excluding carboxylic acids is 1. The van der Waals surface area contributed by atoms with Crippen molar-refractivity contribution in [3.63, 3.8) is 0 Å². The molecule has 5 nitrogen and oxygen atoms in total. The van der Waals surface area contributed by atoms with Crippen LogP contribution in [0.5, 0.6) is 0 Å². The van der Waals surface area contributed by atoms with Gasteiger partial charge in [-0.05, 0) is 44.3 Å². The van der Waals surface area contributed by atoms with Crippen molar-refractivity contribution in [2.45, 2.75) is 85.0 Å². The molecule has 150 valence electrons. The van der Waals surface area contributed by atoms with E-state index in [4.69, 9.17) is 12.2 Å². The molecule has 6 heteroatoms. The Morgan fingerprint density at radius 1 is 1.27 bits per heavy atom. The minimum atomic E-state index is -0.190. The maximum atomic E-state index is 13.1. The molecule has 0 bridgehead atoms. The van der Waals surface area contributed by atoms with Gasteiger partial charge in [0.15, 0.2) is 5.11 Å². The molecule has 2 fully saturated rings. The number of nitrogens with zero attached hydrogens (tertiary/aromatic N) is 2. The van der Waals surface area contributed by atoms with E-state index in [0.29, 0.717) is 23.8 Å². The van der Waals surface area contributed by atoms with Gasteiger partial charge in [-0.3, -0.25) is 10.1 Å². The summed E-state index contributed by atoms with van der Waals surface area (Å²) in [5.74, 6) is 1.34. The van der Waals surface area contributed by atoms with Gasteiger partial charge in [-0.2, -0.15) is 0 Å². The van der Waals surface area contributed by atoms with Crippen LogP contribution in [0, 0.1) is 11.8 Å². The van der Waals surface area contributed by atoms with E-state index >= 15 is 0 Å². The van der Waals surface area contributed by atoms with Crippen molar-refractivity contribution in [2.75, 3.05) is 19.6 Å². The molecule has 2 aliphatic rings. The molecule has 2 aliphatic heterocycles. The zero-order valence-electron chi connectivity index (χ0n) is 17.5. The predicted octanol–water partition coefficient (Wildman–Crippen LogP) is 2.95. The van der Waals surface area contributed by atoms with Crippen LogP contribution in [0.1, 0.15) is 67.2 Å². The number of thiocarbonyl (C=S) groups is 1. The van der Waals surface area contributed by atoms with Gasteiger partial charge in [0, 0.05) is 38.5 Å². The SMILES string of the molecule is CCC(C)CN1C(=O)C(CC(C)C)NC12CCN(C(=S)NC(C)C)CC2. The molecule has 2 unspecified atom stereocenters. The van der Waals surface area contributed by atoms with Gasteiger partial charge >= 0.3 is 0 Å². The lowest BCUT2D eigenvalue weighted by atomic mass is 9.94. The number of likely N-dealkylation sites (tertiary alicyclic amines) is 1. The lowest BCUT2D eigenvalue weighted by Crippen LogP contribution is -2.61. The molecule has 2 rings (SSSR count). The second-order valence-corrected chi connectivity index (χ2v) is 9.30. The van der Waals surface area contributed by atoms with E-state index in [-0.39, 0.29) is 11.7 Å². The van der Waals surface area contributed by atoms with Crippen molar-refractivity contribution in [1.82, 2.24) is 20.4 Å². The van der Waals surface area contributed by atoms with Crippen molar-refractivity contribution in [2.24, 2.45) is 11.8 Å². The number of piperidine rings is 1. The molecule has 0 aliphatic carbocycles. The van der Waals surface area contributed by atoms with E-state index in [2.05, 4.69) is 62.0 Å². The van der Waals surface area contributed by atoms with Crippen LogP contribution < -0.4 is 10.6 Å². The summed E-state index contributed by atoms with van der Waals surface area (Å²) >= 11 is 5.55. The Labute approximate surface area is 165 Å². The minimum Gasteiger partial charge on any atom is -0.360 e. The first-order valence-electron chi connectivity index (χ1n) is 10.3. The summed E-state index contributed by atoms with van der Waals surface area (Å²) in [5, 5.41) is 7.94. The Kier molecular flexibility index (Phi) is 7.31. The second-order valence-electron chi connectivity index (χ2n) is 8.91. The Bertz CT molecular complexity index is 500. The van der Waals surface area contributed by atoms with E-state index in [1.54, 1.807) is 0 Å². The number of hydrogen-bond donors (Lipinski definition) is 2. The van der Waals surface area contributed by atoms with Gasteiger partial charge in [0.25, 0.3) is 0 Å². The molecule has 0 aromatic carbocycles. The molecular weight excluding hydrogens is 344 g/mol. The van der Waals surface area contributed by atoms with Crippen LogP contribution in [0.25, 0.3) is 0 Å². The zero-order valence-corrected chi connectivity index (χ0v) is 18.3. The third kappa shape index (κ3) is 4.89.